The van der Waals surface area contributed by atoms with E-state index in [1.165, 1.54) is 0 Å². The Bertz CT molecular complexity index is 417. The first-order valence-corrected chi connectivity index (χ1v) is 5.85. The van der Waals surface area contributed by atoms with E-state index in [2.05, 4.69) is 5.32 Å². The average Bonchev–Trinajstić information content (AvgIpc) is 2.82. The molecule has 0 radical (unpaired) electrons. The zero-order chi connectivity index (χ0) is 12.3. The number of hydrogen-bond acceptors (Lipinski definition) is 3. The number of fused-ring (bicyclic) bond motifs is 1. The molecule has 2 N–H and O–H groups in total. The van der Waals surface area contributed by atoms with Crippen LogP contribution in [0, 0.1) is 5.92 Å². The van der Waals surface area contributed by atoms with Gasteiger partial charge in [-0.05, 0) is 29.7 Å². The van der Waals surface area contributed by atoms with Gasteiger partial charge in [0.15, 0.2) is 0 Å². The summed E-state index contributed by atoms with van der Waals surface area (Å²) in [4.78, 5) is 11.8. The first kappa shape index (κ1) is 11.9. The average molecular weight is 235 g/mol. The lowest BCUT2D eigenvalue weighted by Gasteiger charge is -2.10. The van der Waals surface area contributed by atoms with Crippen LogP contribution in [0.2, 0.25) is 0 Å². The lowest BCUT2D eigenvalue weighted by Crippen LogP contribution is -2.29. The van der Waals surface area contributed by atoms with Crippen molar-refractivity contribution in [2.45, 2.75) is 13.3 Å². The monoisotopic (exact) mass is 235 g/mol. The van der Waals surface area contributed by atoms with Crippen LogP contribution in [0.1, 0.15) is 22.8 Å². The zero-order valence-corrected chi connectivity index (χ0v) is 9.90. The minimum absolute atomic E-state index is 0.0803. The highest BCUT2D eigenvalue weighted by atomic mass is 16.5. The molecular formula is C13H17NO3. The molecule has 0 saturated carbocycles. The first-order chi connectivity index (χ1) is 8.20. The van der Waals surface area contributed by atoms with Crippen molar-refractivity contribution in [2.75, 3.05) is 19.8 Å². The van der Waals surface area contributed by atoms with Crippen LogP contribution in [0.5, 0.6) is 5.75 Å². The molecule has 1 aliphatic heterocycles. The fraction of sp³-hybridized carbons (Fsp3) is 0.462. The van der Waals surface area contributed by atoms with Crippen LogP contribution in [0.15, 0.2) is 18.2 Å². The summed E-state index contributed by atoms with van der Waals surface area (Å²) in [5.74, 6) is 0.863. The topological polar surface area (TPSA) is 58.6 Å². The number of benzene rings is 1. The van der Waals surface area contributed by atoms with Crippen molar-refractivity contribution in [2.24, 2.45) is 5.92 Å². The van der Waals surface area contributed by atoms with E-state index < -0.39 is 0 Å². The molecule has 1 aliphatic rings. The molecule has 0 fully saturated rings. The molecule has 1 aromatic carbocycles. The summed E-state index contributed by atoms with van der Waals surface area (Å²) in [5, 5.41) is 11.7. The predicted octanol–water partition coefficient (Wildman–Crippen LogP) is 0.980. The summed E-state index contributed by atoms with van der Waals surface area (Å²) in [5.41, 5.74) is 1.74. The number of nitrogens with one attached hydrogen (secondary N) is 1. The fourth-order valence-electron chi connectivity index (χ4n) is 1.76. The number of ether oxygens (including phenoxy) is 1. The number of aliphatic hydroxyl groups is 1. The maximum atomic E-state index is 11.8. The van der Waals surface area contributed by atoms with Gasteiger partial charge in [0.1, 0.15) is 5.75 Å². The van der Waals surface area contributed by atoms with Crippen LogP contribution in [0.4, 0.5) is 0 Å². The van der Waals surface area contributed by atoms with E-state index in [4.69, 9.17) is 9.84 Å². The molecule has 1 heterocycles. The van der Waals surface area contributed by atoms with Gasteiger partial charge in [-0.2, -0.15) is 0 Å². The van der Waals surface area contributed by atoms with E-state index in [0.29, 0.717) is 18.7 Å². The van der Waals surface area contributed by atoms with E-state index in [-0.39, 0.29) is 18.4 Å². The maximum absolute atomic E-state index is 11.8. The molecule has 1 unspecified atom stereocenters. The Kier molecular flexibility index (Phi) is 3.64. The third kappa shape index (κ3) is 2.77. The highest BCUT2D eigenvalue weighted by molar-refractivity contribution is 5.94. The summed E-state index contributed by atoms with van der Waals surface area (Å²) in [6.45, 7) is 3.15. The molecule has 4 nitrogen and oxygen atoms in total. The quantitative estimate of drug-likeness (QED) is 0.818. The minimum Gasteiger partial charge on any atom is -0.493 e. The normalized spacial score (nSPS) is 14.9. The highest BCUT2D eigenvalue weighted by Gasteiger charge is 2.15. The Morgan fingerprint density at radius 3 is 3.18 bits per heavy atom. The predicted molar refractivity (Wildman–Crippen MR) is 64.2 cm³/mol. The third-order valence-electron chi connectivity index (χ3n) is 2.87. The molecular weight excluding hydrogens is 218 g/mol. The summed E-state index contributed by atoms with van der Waals surface area (Å²) in [7, 11) is 0. The van der Waals surface area contributed by atoms with Crippen LogP contribution >= 0.6 is 0 Å². The number of carbonyl (C=O) groups excluding carboxylic acids is 1. The van der Waals surface area contributed by atoms with Gasteiger partial charge in [-0.25, -0.2) is 0 Å². The fourth-order valence-corrected chi connectivity index (χ4v) is 1.76. The van der Waals surface area contributed by atoms with Gasteiger partial charge in [0.2, 0.25) is 0 Å². The standard InChI is InChI=1S/C13H17NO3/c1-9(8-15)7-14-13(16)11-2-3-12-10(6-11)4-5-17-12/h2-3,6,9,15H,4-5,7-8H2,1H3,(H,14,16). The Hall–Kier alpha value is -1.55. The Morgan fingerprint density at radius 1 is 1.59 bits per heavy atom. The van der Waals surface area contributed by atoms with Gasteiger partial charge < -0.3 is 15.2 Å². The van der Waals surface area contributed by atoms with Crippen LogP contribution in [0.3, 0.4) is 0 Å². The molecule has 0 saturated heterocycles. The van der Waals surface area contributed by atoms with E-state index in [1.807, 2.05) is 19.1 Å². The van der Waals surface area contributed by atoms with E-state index in [0.717, 1.165) is 17.7 Å². The van der Waals surface area contributed by atoms with Crippen LogP contribution in [-0.2, 0) is 6.42 Å². The number of amides is 1. The van der Waals surface area contributed by atoms with Crippen molar-refractivity contribution in [1.29, 1.82) is 0 Å². The number of aliphatic hydroxyl groups excluding tert-OH is 1. The minimum atomic E-state index is -0.0972. The van der Waals surface area contributed by atoms with Crippen molar-refractivity contribution < 1.29 is 14.6 Å². The molecule has 0 spiro atoms. The lowest BCUT2D eigenvalue weighted by molar-refractivity contribution is 0.0942. The van der Waals surface area contributed by atoms with E-state index in [1.54, 1.807) is 6.07 Å². The van der Waals surface area contributed by atoms with E-state index in [9.17, 15) is 4.79 Å². The number of rotatable bonds is 4. The molecule has 1 atom stereocenters. The summed E-state index contributed by atoms with van der Waals surface area (Å²) in [6, 6.07) is 5.48. The van der Waals surface area contributed by atoms with Gasteiger partial charge in [0.05, 0.1) is 6.61 Å². The van der Waals surface area contributed by atoms with Crippen molar-refractivity contribution in [3.8, 4) is 5.75 Å². The number of hydrogen-bond donors (Lipinski definition) is 2. The van der Waals surface area contributed by atoms with Gasteiger partial charge in [0, 0.05) is 25.1 Å². The highest BCUT2D eigenvalue weighted by Crippen LogP contribution is 2.25. The molecule has 1 aromatic rings. The largest absolute Gasteiger partial charge is 0.493 e. The summed E-state index contributed by atoms with van der Waals surface area (Å²) >= 11 is 0. The molecule has 17 heavy (non-hydrogen) atoms. The second-order valence-electron chi connectivity index (χ2n) is 4.42. The van der Waals surface area contributed by atoms with Gasteiger partial charge >= 0.3 is 0 Å². The van der Waals surface area contributed by atoms with Gasteiger partial charge in [0.25, 0.3) is 5.91 Å². The molecule has 92 valence electrons. The smallest absolute Gasteiger partial charge is 0.251 e. The second-order valence-corrected chi connectivity index (χ2v) is 4.42. The van der Waals surface area contributed by atoms with Crippen molar-refractivity contribution >= 4 is 5.91 Å². The summed E-state index contributed by atoms with van der Waals surface area (Å²) in [6.07, 6.45) is 0.865. The second kappa shape index (κ2) is 5.19. The SMILES string of the molecule is CC(CO)CNC(=O)c1ccc2c(c1)CCO2. The molecule has 2 rings (SSSR count). The first-order valence-electron chi connectivity index (χ1n) is 5.85. The maximum Gasteiger partial charge on any atom is 0.251 e. The molecule has 4 heteroatoms. The molecule has 1 amide bonds. The van der Waals surface area contributed by atoms with Gasteiger partial charge in [-0.15, -0.1) is 0 Å². The van der Waals surface area contributed by atoms with Gasteiger partial charge in [-0.1, -0.05) is 6.92 Å². The van der Waals surface area contributed by atoms with Crippen LogP contribution in [-0.4, -0.2) is 30.8 Å². The lowest BCUT2D eigenvalue weighted by atomic mass is 10.1. The van der Waals surface area contributed by atoms with Gasteiger partial charge in [-0.3, -0.25) is 4.79 Å². The number of carbonyl (C=O) groups is 1. The molecule has 0 aromatic heterocycles. The van der Waals surface area contributed by atoms with Crippen molar-refractivity contribution in [3.05, 3.63) is 29.3 Å². The van der Waals surface area contributed by atoms with E-state index >= 15 is 0 Å². The zero-order valence-electron chi connectivity index (χ0n) is 9.90. The molecule has 0 bridgehead atoms. The Balaban J connectivity index is 2.00. The Labute approximate surface area is 101 Å². The van der Waals surface area contributed by atoms with Crippen LogP contribution < -0.4 is 10.1 Å². The summed E-state index contributed by atoms with van der Waals surface area (Å²) < 4.78 is 5.38. The Morgan fingerprint density at radius 2 is 2.41 bits per heavy atom. The van der Waals surface area contributed by atoms with Crippen molar-refractivity contribution in [3.63, 3.8) is 0 Å². The third-order valence-corrected chi connectivity index (χ3v) is 2.87. The van der Waals surface area contributed by atoms with Crippen LogP contribution in [0.25, 0.3) is 0 Å². The van der Waals surface area contributed by atoms with Crippen molar-refractivity contribution in [1.82, 2.24) is 5.32 Å². The molecule has 0 aliphatic carbocycles.